The third-order valence-corrected chi connectivity index (χ3v) is 7.10. The van der Waals surface area contributed by atoms with E-state index >= 15 is 0 Å². The quantitative estimate of drug-likeness (QED) is 0.509. The minimum Gasteiger partial charge on any atom is -0.343 e. The first kappa shape index (κ1) is 20.7. The highest BCUT2D eigenvalue weighted by Crippen LogP contribution is 2.32. The van der Waals surface area contributed by atoms with Crippen molar-refractivity contribution in [2.75, 3.05) is 26.2 Å². The number of amides is 2. The Labute approximate surface area is 196 Å². The van der Waals surface area contributed by atoms with E-state index in [1.807, 2.05) is 28.0 Å². The average molecular weight is 456 g/mol. The number of imidazole rings is 1. The van der Waals surface area contributed by atoms with E-state index in [4.69, 9.17) is 0 Å². The van der Waals surface area contributed by atoms with Crippen LogP contribution < -0.4 is 0 Å². The van der Waals surface area contributed by atoms with Crippen LogP contribution in [0.5, 0.6) is 0 Å². The number of aromatic nitrogens is 5. The van der Waals surface area contributed by atoms with Gasteiger partial charge in [-0.15, -0.1) is 0 Å². The van der Waals surface area contributed by atoms with Crippen molar-refractivity contribution in [2.45, 2.75) is 19.3 Å². The Morgan fingerprint density at radius 3 is 2.74 bits per heavy atom. The number of rotatable bonds is 3. The highest BCUT2D eigenvalue weighted by molar-refractivity contribution is 6.04. The number of H-pyrrole nitrogens is 1. The first-order valence-electron chi connectivity index (χ1n) is 11.7. The van der Waals surface area contributed by atoms with Gasteiger partial charge in [0.2, 0.25) is 0 Å². The smallest absolute Gasteiger partial charge is 0.272 e. The lowest BCUT2D eigenvalue weighted by atomic mass is 9.82. The van der Waals surface area contributed by atoms with E-state index in [0.717, 1.165) is 36.7 Å². The molecule has 6 heterocycles. The molecule has 2 aliphatic heterocycles. The van der Waals surface area contributed by atoms with Crippen LogP contribution in [0.15, 0.2) is 49.2 Å². The highest BCUT2D eigenvalue weighted by atomic mass is 16.2. The third-order valence-electron chi connectivity index (χ3n) is 7.10. The topological polar surface area (TPSA) is 108 Å². The number of nitrogens with one attached hydrogen (secondary N) is 1. The van der Waals surface area contributed by atoms with Gasteiger partial charge in [-0.3, -0.25) is 14.6 Å². The van der Waals surface area contributed by atoms with E-state index < -0.39 is 0 Å². The molecule has 0 aromatic carbocycles. The second-order valence-electron chi connectivity index (χ2n) is 9.21. The first-order chi connectivity index (χ1) is 16.7. The summed E-state index contributed by atoms with van der Waals surface area (Å²) >= 11 is 0. The second kappa shape index (κ2) is 8.48. The molecule has 4 aromatic rings. The number of likely N-dealkylation sites (tertiary alicyclic amines) is 2. The Morgan fingerprint density at radius 1 is 0.941 bits per heavy atom. The fourth-order valence-corrected chi connectivity index (χ4v) is 5.15. The second-order valence-corrected chi connectivity index (χ2v) is 9.21. The molecule has 9 heteroatoms. The van der Waals surface area contributed by atoms with Gasteiger partial charge in [0.05, 0.1) is 23.6 Å². The minimum atomic E-state index is -0.0389. The van der Waals surface area contributed by atoms with E-state index in [2.05, 4.69) is 24.9 Å². The fourth-order valence-electron chi connectivity index (χ4n) is 5.15. The summed E-state index contributed by atoms with van der Waals surface area (Å²) < 4.78 is 0. The van der Waals surface area contributed by atoms with Gasteiger partial charge in [0.1, 0.15) is 11.2 Å². The Balaban J connectivity index is 1.13. The van der Waals surface area contributed by atoms with Crippen LogP contribution in [-0.4, -0.2) is 72.7 Å². The van der Waals surface area contributed by atoms with Gasteiger partial charge < -0.3 is 14.8 Å². The van der Waals surface area contributed by atoms with Gasteiger partial charge in [-0.05, 0) is 48.9 Å². The van der Waals surface area contributed by atoms with Gasteiger partial charge in [0, 0.05) is 44.0 Å². The summed E-state index contributed by atoms with van der Waals surface area (Å²) in [5, 5.41) is 0.924. The molecule has 2 aliphatic rings. The molecular formula is C25H25N7O2. The number of carbonyl (C=O) groups excluding carboxylic acids is 2. The van der Waals surface area contributed by atoms with Crippen molar-refractivity contribution in [1.29, 1.82) is 0 Å². The molecule has 2 amide bonds. The summed E-state index contributed by atoms with van der Waals surface area (Å²) in [7, 11) is 0. The molecule has 1 N–H and O–H groups in total. The summed E-state index contributed by atoms with van der Waals surface area (Å²) in [5.41, 5.74) is 2.99. The molecule has 1 unspecified atom stereocenters. The number of aromatic amines is 1. The largest absolute Gasteiger partial charge is 0.343 e. The standard InChI is InChI=1S/C25H25N7O2/c33-24(19-10-26-11-21-22(19)29-15-28-21)32-13-18(14-32)17-4-1-2-9-31(12-17)25(34)20-7-6-16-5-3-8-27-23(16)30-20/h3,5-8,10-11,15,17-18H,1-2,4,9,12-14H2,(H,28,29). The van der Waals surface area contributed by atoms with Crippen LogP contribution in [0.4, 0.5) is 0 Å². The van der Waals surface area contributed by atoms with Crippen molar-refractivity contribution in [1.82, 2.24) is 34.7 Å². The molecule has 1 atom stereocenters. The van der Waals surface area contributed by atoms with E-state index in [0.29, 0.717) is 53.9 Å². The van der Waals surface area contributed by atoms with Crippen LogP contribution in [-0.2, 0) is 0 Å². The number of nitrogens with zero attached hydrogens (tertiary/aromatic N) is 6. The molecule has 6 rings (SSSR count). The number of pyridine rings is 3. The normalized spacial score (nSPS) is 19.2. The van der Waals surface area contributed by atoms with Crippen molar-refractivity contribution in [2.24, 2.45) is 11.8 Å². The molecule has 34 heavy (non-hydrogen) atoms. The van der Waals surface area contributed by atoms with E-state index in [1.54, 1.807) is 31.0 Å². The molecular weight excluding hydrogens is 430 g/mol. The van der Waals surface area contributed by atoms with Gasteiger partial charge in [0.25, 0.3) is 11.8 Å². The van der Waals surface area contributed by atoms with Gasteiger partial charge >= 0.3 is 0 Å². The lowest BCUT2D eigenvalue weighted by molar-refractivity contribution is 0.0295. The zero-order valence-corrected chi connectivity index (χ0v) is 18.7. The minimum absolute atomic E-state index is 0.0316. The number of hydrogen-bond donors (Lipinski definition) is 1. The Hall–Kier alpha value is -3.88. The van der Waals surface area contributed by atoms with Gasteiger partial charge in [-0.1, -0.05) is 6.42 Å². The molecule has 9 nitrogen and oxygen atoms in total. The summed E-state index contributed by atoms with van der Waals surface area (Å²) in [6, 6.07) is 7.50. The maximum Gasteiger partial charge on any atom is 0.272 e. The van der Waals surface area contributed by atoms with Crippen molar-refractivity contribution >= 4 is 33.9 Å². The lowest BCUT2D eigenvalue weighted by Gasteiger charge is -2.44. The highest BCUT2D eigenvalue weighted by Gasteiger charge is 2.39. The molecule has 0 radical (unpaired) electrons. The summed E-state index contributed by atoms with van der Waals surface area (Å²) in [5.74, 6) is 0.683. The molecule has 2 saturated heterocycles. The Bertz CT molecular complexity index is 1380. The number of hydrogen-bond acceptors (Lipinski definition) is 6. The maximum atomic E-state index is 13.3. The maximum absolute atomic E-state index is 13.3. The van der Waals surface area contributed by atoms with Crippen LogP contribution in [0, 0.1) is 11.8 Å². The SMILES string of the molecule is O=C(c1ccc2cccnc2n1)N1CCCCC(C2CN(C(=O)c3cncc4[nH]cnc34)C2)C1. The summed E-state index contributed by atoms with van der Waals surface area (Å²) in [4.78, 5) is 50.4. The molecule has 172 valence electrons. The number of carbonyl (C=O) groups is 2. The average Bonchev–Trinajstić information content (AvgIpc) is 3.20. The zero-order valence-electron chi connectivity index (χ0n) is 18.7. The molecule has 2 fully saturated rings. The van der Waals surface area contributed by atoms with Crippen LogP contribution in [0.25, 0.3) is 22.1 Å². The molecule has 0 aliphatic carbocycles. The van der Waals surface area contributed by atoms with Crippen molar-refractivity contribution in [3.63, 3.8) is 0 Å². The van der Waals surface area contributed by atoms with Crippen molar-refractivity contribution in [3.8, 4) is 0 Å². The Kier molecular flexibility index (Phi) is 5.16. The molecule has 4 aromatic heterocycles. The molecule has 0 saturated carbocycles. The predicted octanol–water partition coefficient (Wildman–Crippen LogP) is 2.92. The fraction of sp³-hybridized carbons (Fsp3) is 0.360. The third kappa shape index (κ3) is 3.67. The van der Waals surface area contributed by atoms with Crippen LogP contribution in [0.2, 0.25) is 0 Å². The van der Waals surface area contributed by atoms with Gasteiger partial charge in [-0.2, -0.15) is 0 Å². The lowest BCUT2D eigenvalue weighted by Crippen LogP contribution is -2.54. The van der Waals surface area contributed by atoms with Crippen molar-refractivity contribution < 1.29 is 9.59 Å². The number of fused-ring (bicyclic) bond motifs is 2. The van der Waals surface area contributed by atoms with Gasteiger partial charge in [-0.25, -0.2) is 15.0 Å². The van der Waals surface area contributed by atoms with Crippen LogP contribution in [0.3, 0.4) is 0 Å². The van der Waals surface area contributed by atoms with E-state index in [9.17, 15) is 9.59 Å². The van der Waals surface area contributed by atoms with E-state index in [-0.39, 0.29) is 11.8 Å². The zero-order chi connectivity index (χ0) is 23.1. The summed E-state index contributed by atoms with van der Waals surface area (Å²) in [6.45, 7) is 2.83. The molecule has 0 spiro atoms. The monoisotopic (exact) mass is 455 g/mol. The molecule has 0 bridgehead atoms. The van der Waals surface area contributed by atoms with Gasteiger partial charge in [0.15, 0.2) is 5.65 Å². The predicted molar refractivity (Wildman–Crippen MR) is 126 cm³/mol. The van der Waals surface area contributed by atoms with E-state index in [1.165, 1.54) is 0 Å². The van der Waals surface area contributed by atoms with Crippen LogP contribution in [0.1, 0.15) is 40.1 Å². The first-order valence-corrected chi connectivity index (χ1v) is 11.7. The Morgan fingerprint density at radius 2 is 1.82 bits per heavy atom. The summed E-state index contributed by atoms with van der Waals surface area (Å²) in [6.07, 6.45) is 9.68. The van der Waals surface area contributed by atoms with Crippen molar-refractivity contribution in [3.05, 3.63) is 60.4 Å². The van der Waals surface area contributed by atoms with Crippen LogP contribution >= 0.6 is 0 Å².